The van der Waals surface area contributed by atoms with E-state index >= 15 is 0 Å². The molecule has 0 aromatic heterocycles. The molecule has 3 nitrogen and oxygen atoms in total. The van der Waals surface area contributed by atoms with Crippen LogP contribution in [0.1, 0.15) is 18.9 Å². The highest BCUT2D eigenvalue weighted by molar-refractivity contribution is 5.72. The molecule has 2 N–H and O–H groups in total. The molecule has 0 aliphatic rings. The molecule has 0 aliphatic heterocycles. The molecule has 84 valence electrons. The zero-order valence-electron chi connectivity index (χ0n) is 8.88. The molecule has 0 saturated heterocycles. The van der Waals surface area contributed by atoms with Gasteiger partial charge in [-0.15, -0.1) is 0 Å². The van der Waals surface area contributed by atoms with E-state index in [1.54, 1.807) is 0 Å². The maximum absolute atomic E-state index is 13.2. The summed E-state index contributed by atoms with van der Waals surface area (Å²) in [5, 5.41) is 11.9. The van der Waals surface area contributed by atoms with E-state index in [0.717, 1.165) is 0 Å². The fourth-order valence-electron chi connectivity index (χ4n) is 1.09. The predicted octanol–water partition coefficient (Wildman–Crippen LogP) is 1.41. The van der Waals surface area contributed by atoms with Crippen molar-refractivity contribution in [3.05, 3.63) is 29.6 Å². The lowest BCUT2D eigenvalue weighted by atomic mass is 10.2. The molecule has 0 fully saturated rings. The summed E-state index contributed by atoms with van der Waals surface area (Å²) in [6.45, 7) is 1.83. The Labute approximate surface area is 93.3 Å². The third-order valence-electron chi connectivity index (χ3n) is 1.83. The van der Waals surface area contributed by atoms with E-state index < -0.39 is 5.82 Å². The number of rotatable bonds is 2. The summed E-state index contributed by atoms with van der Waals surface area (Å²) < 4.78 is 13.2. The molecule has 0 atom stereocenters. The zero-order chi connectivity index (χ0) is 12.0. The molecule has 1 aromatic rings. The number of phenolic OH excluding ortho intramolecular Hbond substituents is 1. The number of aromatic hydroxyl groups is 1. The Morgan fingerprint density at radius 3 is 2.94 bits per heavy atom. The molecule has 1 rings (SSSR count). The molecule has 4 heteroatoms. The first kappa shape index (κ1) is 12.1. The molecule has 1 aromatic carbocycles. The molecule has 0 radical (unpaired) electrons. The van der Waals surface area contributed by atoms with Crippen molar-refractivity contribution in [2.45, 2.75) is 13.3 Å². The number of nitrogens with one attached hydrogen (secondary N) is 1. The molecular weight excluding hydrogens is 209 g/mol. The Morgan fingerprint density at radius 1 is 1.56 bits per heavy atom. The SMILES string of the molecule is CC(=O)NCCC#Cc1c(O)cccc1F. The Balaban J connectivity index is 2.60. The summed E-state index contributed by atoms with van der Waals surface area (Å²) in [5.74, 6) is 4.35. The maximum atomic E-state index is 13.2. The number of amides is 1. The Morgan fingerprint density at radius 2 is 2.31 bits per heavy atom. The zero-order valence-corrected chi connectivity index (χ0v) is 8.88. The molecule has 16 heavy (non-hydrogen) atoms. The van der Waals surface area contributed by atoms with Crippen LogP contribution in [0.5, 0.6) is 5.75 Å². The van der Waals surface area contributed by atoms with Gasteiger partial charge in [0.2, 0.25) is 5.91 Å². The van der Waals surface area contributed by atoms with E-state index in [-0.39, 0.29) is 17.2 Å². The number of hydrogen-bond donors (Lipinski definition) is 2. The van der Waals surface area contributed by atoms with Crippen LogP contribution in [0.4, 0.5) is 4.39 Å². The molecule has 0 unspecified atom stereocenters. The minimum Gasteiger partial charge on any atom is -0.507 e. The normalized spacial score (nSPS) is 9.12. The summed E-state index contributed by atoms with van der Waals surface area (Å²) in [5.41, 5.74) is -0.00896. The van der Waals surface area contributed by atoms with Crippen LogP contribution in [0.15, 0.2) is 18.2 Å². The van der Waals surface area contributed by atoms with E-state index in [2.05, 4.69) is 17.2 Å². The van der Waals surface area contributed by atoms with E-state index in [1.807, 2.05) is 0 Å². The second kappa shape index (κ2) is 5.76. The monoisotopic (exact) mass is 221 g/mol. The van der Waals surface area contributed by atoms with Gasteiger partial charge in [-0.05, 0) is 12.1 Å². The maximum Gasteiger partial charge on any atom is 0.216 e. The smallest absolute Gasteiger partial charge is 0.216 e. The van der Waals surface area contributed by atoms with E-state index in [0.29, 0.717) is 13.0 Å². The number of carbonyl (C=O) groups excluding carboxylic acids is 1. The summed E-state index contributed by atoms with van der Waals surface area (Å²) in [7, 11) is 0. The van der Waals surface area contributed by atoms with Crippen molar-refractivity contribution in [2.75, 3.05) is 6.54 Å². The first-order valence-electron chi connectivity index (χ1n) is 4.82. The third-order valence-corrected chi connectivity index (χ3v) is 1.83. The van der Waals surface area contributed by atoms with Gasteiger partial charge in [0, 0.05) is 19.9 Å². The topological polar surface area (TPSA) is 49.3 Å². The van der Waals surface area contributed by atoms with Gasteiger partial charge in [0.05, 0.1) is 0 Å². The van der Waals surface area contributed by atoms with Crippen LogP contribution >= 0.6 is 0 Å². The molecule has 0 saturated carbocycles. The fraction of sp³-hybridized carbons (Fsp3) is 0.250. The van der Waals surface area contributed by atoms with Gasteiger partial charge in [0.15, 0.2) is 0 Å². The van der Waals surface area contributed by atoms with E-state index in [1.165, 1.54) is 25.1 Å². The van der Waals surface area contributed by atoms with Crippen molar-refractivity contribution in [1.29, 1.82) is 0 Å². The van der Waals surface area contributed by atoms with Crippen LogP contribution in [0, 0.1) is 17.7 Å². The average Bonchev–Trinajstić information content (AvgIpc) is 2.21. The number of benzene rings is 1. The lowest BCUT2D eigenvalue weighted by Crippen LogP contribution is -2.20. The second-order valence-corrected chi connectivity index (χ2v) is 3.17. The molecule has 0 spiro atoms. The molecule has 0 heterocycles. The van der Waals surface area contributed by atoms with Gasteiger partial charge in [0.25, 0.3) is 0 Å². The van der Waals surface area contributed by atoms with Crippen LogP contribution < -0.4 is 5.32 Å². The molecular formula is C12H12FNO2. The molecule has 0 aliphatic carbocycles. The van der Waals surface area contributed by atoms with Crippen molar-refractivity contribution in [1.82, 2.24) is 5.32 Å². The van der Waals surface area contributed by atoms with E-state index in [4.69, 9.17) is 0 Å². The third kappa shape index (κ3) is 3.62. The number of phenols is 1. The van der Waals surface area contributed by atoms with Crippen LogP contribution in [-0.4, -0.2) is 17.6 Å². The fourth-order valence-corrected chi connectivity index (χ4v) is 1.09. The van der Waals surface area contributed by atoms with Crippen molar-refractivity contribution < 1.29 is 14.3 Å². The van der Waals surface area contributed by atoms with Gasteiger partial charge in [-0.1, -0.05) is 17.9 Å². The quantitative estimate of drug-likeness (QED) is 0.586. The lowest BCUT2D eigenvalue weighted by molar-refractivity contribution is -0.118. The van der Waals surface area contributed by atoms with Crippen molar-refractivity contribution in [3.8, 4) is 17.6 Å². The Hall–Kier alpha value is -2.02. The van der Waals surface area contributed by atoms with Crippen molar-refractivity contribution in [2.24, 2.45) is 0 Å². The van der Waals surface area contributed by atoms with Gasteiger partial charge >= 0.3 is 0 Å². The molecule has 1 amide bonds. The largest absolute Gasteiger partial charge is 0.507 e. The highest BCUT2D eigenvalue weighted by Gasteiger charge is 2.02. The molecule has 0 bridgehead atoms. The predicted molar refractivity (Wildman–Crippen MR) is 58.2 cm³/mol. The standard InChI is InChI=1S/C12H12FNO2/c1-9(15)14-8-3-2-5-10-11(13)6-4-7-12(10)16/h4,6-7,16H,3,8H2,1H3,(H,14,15). The highest BCUT2D eigenvalue weighted by Crippen LogP contribution is 2.17. The number of carbonyl (C=O) groups is 1. The van der Waals surface area contributed by atoms with Gasteiger partial charge in [0.1, 0.15) is 17.1 Å². The van der Waals surface area contributed by atoms with Gasteiger partial charge < -0.3 is 10.4 Å². The highest BCUT2D eigenvalue weighted by atomic mass is 19.1. The summed E-state index contributed by atoms with van der Waals surface area (Å²) in [6, 6.07) is 4.02. The first-order chi connectivity index (χ1) is 7.61. The van der Waals surface area contributed by atoms with Crippen molar-refractivity contribution >= 4 is 5.91 Å². The van der Waals surface area contributed by atoms with Crippen LogP contribution in [0.3, 0.4) is 0 Å². The second-order valence-electron chi connectivity index (χ2n) is 3.17. The Bertz CT molecular complexity index is 426. The van der Waals surface area contributed by atoms with E-state index in [9.17, 15) is 14.3 Å². The minimum atomic E-state index is -0.549. The first-order valence-corrected chi connectivity index (χ1v) is 4.82. The van der Waals surface area contributed by atoms with Gasteiger partial charge in [-0.25, -0.2) is 4.39 Å². The van der Waals surface area contributed by atoms with Crippen LogP contribution in [0.25, 0.3) is 0 Å². The summed E-state index contributed by atoms with van der Waals surface area (Å²) in [6.07, 6.45) is 0.410. The summed E-state index contributed by atoms with van der Waals surface area (Å²) in [4.78, 5) is 10.5. The van der Waals surface area contributed by atoms with Crippen LogP contribution in [-0.2, 0) is 4.79 Å². The number of hydrogen-bond acceptors (Lipinski definition) is 2. The lowest BCUT2D eigenvalue weighted by Gasteiger charge is -1.97. The van der Waals surface area contributed by atoms with Gasteiger partial charge in [-0.3, -0.25) is 4.79 Å². The Kier molecular flexibility index (Phi) is 4.34. The average molecular weight is 221 g/mol. The van der Waals surface area contributed by atoms with Crippen molar-refractivity contribution in [3.63, 3.8) is 0 Å². The van der Waals surface area contributed by atoms with Gasteiger partial charge in [-0.2, -0.15) is 0 Å². The number of halogens is 1. The van der Waals surface area contributed by atoms with Crippen LogP contribution in [0.2, 0.25) is 0 Å². The summed E-state index contributed by atoms with van der Waals surface area (Å²) >= 11 is 0. The minimum absolute atomic E-state index is 0.00896.